The number of carbonyl (C=O) groups is 1. The Morgan fingerprint density at radius 1 is 1.20 bits per heavy atom. The lowest BCUT2D eigenvalue weighted by Crippen LogP contribution is -2.51. The van der Waals surface area contributed by atoms with Gasteiger partial charge in [-0.2, -0.15) is 0 Å². The SMILES string of the molecule is COP(=O)(OC)C1(N)CCN(OC(=O)C(C)(C)C)CC1. The Labute approximate surface area is 120 Å². The minimum atomic E-state index is -3.35. The lowest BCUT2D eigenvalue weighted by atomic mass is 9.98. The van der Waals surface area contributed by atoms with Gasteiger partial charge >= 0.3 is 13.6 Å². The van der Waals surface area contributed by atoms with Crippen LogP contribution in [0.25, 0.3) is 0 Å². The molecular weight excluding hydrogens is 283 g/mol. The number of nitrogens with two attached hydrogens (primary N) is 1. The van der Waals surface area contributed by atoms with Gasteiger partial charge in [0.2, 0.25) is 0 Å². The summed E-state index contributed by atoms with van der Waals surface area (Å²) in [6.45, 7) is 6.16. The molecule has 0 aromatic carbocycles. The molecule has 0 unspecified atom stereocenters. The summed E-state index contributed by atoms with van der Waals surface area (Å²) in [6, 6.07) is 0. The van der Waals surface area contributed by atoms with Crippen molar-refractivity contribution in [2.75, 3.05) is 27.3 Å². The van der Waals surface area contributed by atoms with Crippen LogP contribution in [0.2, 0.25) is 0 Å². The second-order valence-corrected chi connectivity index (χ2v) is 8.64. The van der Waals surface area contributed by atoms with E-state index >= 15 is 0 Å². The third-order valence-corrected chi connectivity index (χ3v) is 5.94. The molecular formula is C12H25N2O5P. The van der Waals surface area contributed by atoms with Gasteiger partial charge in [0.15, 0.2) is 0 Å². The van der Waals surface area contributed by atoms with Crippen molar-refractivity contribution >= 4 is 13.6 Å². The molecule has 0 amide bonds. The summed E-state index contributed by atoms with van der Waals surface area (Å²) in [5.41, 5.74) is 5.59. The summed E-state index contributed by atoms with van der Waals surface area (Å²) >= 11 is 0. The summed E-state index contributed by atoms with van der Waals surface area (Å²) in [7, 11) is -0.702. The van der Waals surface area contributed by atoms with Crippen molar-refractivity contribution in [2.45, 2.75) is 38.9 Å². The standard InChI is InChI=1S/C12H25N2O5P/c1-11(2,3)10(15)19-14-8-6-12(13,7-9-14)20(16,17-4)18-5/h6-9,13H2,1-5H3. The molecule has 118 valence electrons. The minimum Gasteiger partial charge on any atom is -0.367 e. The summed E-state index contributed by atoms with van der Waals surface area (Å²) < 4.78 is 22.4. The predicted molar refractivity (Wildman–Crippen MR) is 74.9 cm³/mol. The normalized spacial score (nSPS) is 20.7. The Kier molecular flexibility index (Phi) is 5.38. The molecule has 20 heavy (non-hydrogen) atoms. The summed E-state index contributed by atoms with van der Waals surface area (Å²) in [6.07, 6.45) is 0.729. The zero-order valence-corrected chi connectivity index (χ0v) is 13.7. The molecule has 0 saturated carbocycles. The summed E-state index contributed by atoms with van der Waals surface area (Å²) in [5, 5.41) is 0.509. The van der Waals surface area contributed by atoms with E-state index < -0.39 is 18.3 Å². The lowest BCUT2D eigenvalue weighted by molar-refractivity contribution is -0.205. The fourth-order valence-electron chi connectivity index (χ4n) is 1.93. The topological polar surface area (TPSA) is 91.1 Å². The molecule has 0 spiro atoms. The van der Waals surface area contributed by atoms with Gasteiger partial charge in [-0.25, -0.2) is 4.79 Å². The van der Waals surface area contributed by atoms with E-state index in [0.29, 0.717) is 25.9 Å². The molecule has 0 aromatic rings. The maximum Gasteiger partial charge on any atom is 0.349 e. The molecule has 0 bridgehead atoms. The quantitative estimate of drug-likeness (QED) is 0.791. The first-order valence-corrected chi connectivity index (χ1v) is 8.10. The lowest BCUT2D eigenvalue weighted by Gasteiger charge is -2.40. The van der Waals surface area contributed by atoms with Crippen LogP contribution in [0.3, 0.4) is 0 Å². The van der Waals surface area contributed by atoms with Crippen molar-refractivity contribution in [2.24, 2.45) is 11.1 Å². The van der Waals surface area contributed by atoms with Crippen LogP contribution in [0.15, 0.2) is 0 Å². The Morgan fingerprint density at radius 3 is 2.00 bits per heavy atom. The van der Waals surface area contributed by atoms with E-state index in [1.165, 1.54) is 14.2 Å². The van der Waals surface area contributed by atoms with E-state index in [1.807, 2.05) is 0 Å². The van der Waals surface area contributed by atoms with Gasteiger partial charge in [0.25, 0.3) is 0 Å². The van der Waals surface area contributed by atoms with Crippen LogP contribution in [0.1, 0.15) is 33.6 Å². The highest BCUT2D eigenvalue weighted by atomic mass is 31.2. The monoisotopic (exact) mass is 308 g/mol. The van der Waals surface area contributed by atoms with Gasteiger partial charge in [0, 0.05) is 27.3 Å². The fourth-order valence-corrected chi connectivity index (χ4v) is 3.55. The highest BCUT2D eigenvalue weighted by molar-refractivity contribution is 7.55. The van der Waals surface area contributed by atoms with Gasteiger partial charge in [-0.3, -0.25) is 4.57 Å². The summed E-state index contributed by atoms with van der Waals surface area (Å²) in [5.74, 6) is -0.302. The smallest absolute Gasteiger partial charge is 0.349 e. The van der Waals surface area contributed by atoms with Crippen LogP contribution in [-0.2, 0) is 23.2 Å². The van der Waals surface area contributed by atoms with Gasteiger partial charge in [-0.05, 0) is 33.6 Å². The van der Waals surface area contributed by atoms with Crippen LogP contribution in [0, 0.1) is 5.41 Å². The van der Waals surface area contributed by atoms with Crippen LogP contribution in [0.5, 0.6) is 0 Å². The minimum absolute atomic E-state index is 0.302. The van der Waals surface area contributed by atoms with Crippen LogP contribution < -0.4 is 5.73 Å². The number of carbonyl (C=O) groups excluding carboxylic acids is 1. The average Bonchev–Trinajstić information content (AvgIpc) is 2.39. The zero-order valence-electron chi connectivity index (χ0n) is 12.8. The van der Waals surface area contributed by atoms with Crippen LogP contribution in [0.4, 0.5) is 0 Å². The van der Waals surface area contributed by atoms with Crippen LogP contribution >= 0.6 is 7.60 Å². The van der Waals surface area contributed by atoms with Gasteiger partial charge in [-0.1, -0.05) is 0 Å². The predicted octanol–water partition coefficient (Wildman–Crippen LogP) is 1.73. The molecule has 1 rings (SSSR count). The Morgan fingerprint density at radius 2 is 1.65 bits per heavy atom. The van der Waals surface area contributed by atoms with E-state index in [2.05, 4.69) is 0 Å². The largest absolute Gasteiger partial charge is 0.367 e. The van der Waals surface area contributed by atoms with Crippen molar-refractivity contribution in [3.8, 4) is 0 Å². The molecule has 7 nitrogen and oxygen atoms in total. The molecule has 0 radical (unpaired) electrons. The molecule has 1 heterocycles. The molecule has 1 aliphatic rings. The number of rotatable bonds is 4. The van der Waals surface area contributed by atoms with E-state index in [1.54, 1.807) is 25.8 Å². The first kappa shape index (κ1) is 17.6. The van der Waals surface area contributed by atoms with Gasteiger partial charge in [-0.15, -0.1) is 5.06 Å². The van der Waals surface area contributed by atoms with E-state index in [9.17, 15) is 9.36 Å². The third kappa shape index (κ3) is 3.59. The average molecular weight is 308 g/mol. The molecule has 8 heteroatoms. The van der Waals surface area contributed by atoms with E-state index in [4.69, 9.17) is 19.6 Å². The summed E-state index contributed by atoms with van der Waals surface area (Å²) in [4.78, 5) is 17.1. The Bertz CT molecular complexity index is 391. The molecule has 2 N–H and O–H groups in total. The second kappa shape index (κ2) is 6.12. The molecule has 0 aromatic heterocycles. The highest BCUT2D eigenvalue weighted by Gasteiger charge is 2.49. The first-order valence-electron chi connectivity index (χ1n) is 6.56. The van der Waals surface area contributed by atoms with Crippen molar-refractivity contribution in [3.63, 3.8) is 0 Å². The first-order chi connectivity index (χ1) is 9.08. The maximum absolute atomic E-state index is 12.4. The number of piperidine rings is 1. The van der Waals surface area contributed by atoms with Gasteiger partial charge in [0.1, 0.15) is 5.28 Å². The zero-order chi connectivity index (χ0) is 15.6. The van der Waals surface area contributed by atoms with Crippen molar-refractivity contribution < 1.29 is 23.2 Å². The number of hydroxylamine groups is 2. The third-order valence-electron chi connectivity index (χ3n) is 3.44. The number of hydrogen-bond donors (Lipinski definition) is 1. The maximum atomic E-state index is 12.4. The highest BCUT2D eigenvalue weighted by Crippen LogP contribution is 2.60. The molecule has 1 fully saturated rings. The molecule has 0 aliphatic carbocycles. The van der Waals surface area contributed by atoms with Gasteiger partial charge in [0.05, 0.1) is 5.41 Å². The van der Waals surface area contributed by atoms with E-state index in [-0.39, 0.29) is 5.97 Å². The molecule has 1 saturated heterocycles. The van der Waals surface area contributed by atoms with E-state index in [0.717, 1.165) is 0 Å². The Hall–Kier alpha value is -0.460. The number of hydrogen-bond acceptors (Lipinski definition) is 7. The Balaban J connectivity index is 2.64. The second-order valence-electron chi connectivity index (χ2n) is 6.02. The molecule has 1 aliphatic heterocycles. The van der Waals surface area contributed by atoms with Crippen LogP contribution in [-0.4, -0.2) is 43.6 Å². The van der Waals surface area contributed by atoms with Crippen molar-refractivity contribution in [1.82, 2.24) is 5.06 Å². The van der Waals surface area contributed by atoms with Gasteiger partial charge < -0.3 is 19.6 Å². The fraction of sp³-hybridized carbons (Fsp3) is 0.917. The molecule has 0 atom stereocenters. The number of nitrogens with zero attached hydrogens (tertiary/aromatic N) is 1. The van der Waals surface area contributed by atoms with Crippen molar-refractivity contribution in [3.05, 3.63) is 0 Å². The van der Waals surface area contributed by atoms with Crippen molar-refractivity contribution in [1.29, 1.82) is 0 Å².